The number of aryl methyl sites for hydroxylation is 2. The zero-order valence-corrected chi connectivity index (χ0v) is 17.0. The highest BCUT2D eigenvalue weighted by molar-refractivity contribution is 7.89. The summed E-state index contributed by atoms with van der Waals surface area (Å²) >= 11 is 0. The Bertz CT molecular complexity index is 941. The van der Waals surface area contributed by atoms with Crippen molar-refractivity contribution >= 4 is 15.8 Å². The third-order valence-corrected chi connectivity index (χ3v) is 7.33. The fourth-order valence-corrected chi connectivity index (χ4v) is 5.83. The van der Waals surface area contributed by atoms with Gasteiger partial charge in [-0.05, 0) is 18.8 Å². The summed E-state index contributed by atoms with van der Waals surface area (Å²) in [6.45, 7) is 8.78. The maximum Gasteiger partial charge on any atom is 0.262 e. The molecular weight excluding hydrogens is 364 g/mol. The minimum Gasteiger partial charge on any atom is -0.356 e. The molecule has 2 saturated heterocycles. The Labute approximate surface area is 160 Å². The Kier molecular flexibility index (Phi) is 4.46. The van der Waals surface area contributed by atoms with E-state index in [1.807, 2.05) is 38.6 Å². The van der Waals surface area contributed by atoms with E-state index < -0.39 is 10.0 Å². The molecule has 4 heterocycles. The minimum absolute atomic E-state index is 0.164. The third kappa shape index (κ3) is 3.12. The average Bonchev–Trinajstić information content (AvgIpc) is 3.27. The molecule has 8 nitrogen and oxygen atoms in total. The van der Waals surface area contributed by atoms with E-state index in [1.54, 1.807) is 16.8 Å². The Hall–Kier alpha value is -2.00. The highest BCUT2D eigenvalue weighted by Gasteiger charge is 2.45. The number of hydrogen-bond donors (Lipinski definition) is 0. The molecule has 2 aromatic heterocycles. The lowest BCUT2D eigenvalue weighted by molar-refractivity contribution is 0.450. The molecule has 0 radical (unpaired) electrons. The second-order valence-corrected chi connectivity index (χ2v) is 9.86. The highest BCUT2D eigenvalue weighted by atomic mass is 32.2. The van der Waals surface area contributed by atoms with Crippen LogP contribution in [0.3, 0.4) is 0 Å². The topological polar surface area (TPSA) is 84.2 Å². The van der Waals surface area contributed by atoms with Gasteiger partial charge in [0.1, 0.15) is 18.0 Å². The van der Waals surface area contributed by atoms with Crippen molar-refractivity contribution in [2.24, 2.45) is 18.9 Å². The molecule has 2 aliphatic rings. The van der Waals surface area contributed by atoms with E-state index in [2.05, 4.69) is 19.9 Å². The normalized spacial score (nSPS) is 23.4. The van der Waals surface area contributed by atoms with Crippen molar-refractivity contribution in [3.63, 3.8) is 0 Å². The van der Waals surface area contributed by atoms with Crippen molar-refractivity contribution in [3.8, 4) is 0 Å². The summed E-state index contributed by atoms with van der Waals surface area (Å²) in [5.74, 6) is 2.57. The number of rotatable bonds is 4. The standard InChI is InChI=1S/C18H26N6O2S/c1-12(2)17-21-16(10-22(17)4)27(25,26)24-8-14-6-23(7-15(14)9-24)18-13(3)5-19-11-20-18/h5,10-12,14-15H,6-9H2,1-4H3. The first-order valence-electron chi connectivity index (χ1n) is 9.32. The fraction of sp³-hybridized carbons (Fsp3) is 0.611. The molecule has 0 N–H and O–H groups in total. The number of hydrogen-bond acceptors (Lipinski definition) is 6. The summed E-state index contributed by atoms with van der Waals surface area (Å²) in [5.41, 5.74) is 1.05. The van der Waals surface area contributed by atoms with E-state index in [1.165, 1.54) is 0 Å². The van der Waals surface area contributed by atoms with Crippen LogP contribution in [-0.4, -0.2) is 58.4 Å². The first-order valence-corrected chi connectivity index (χ1v) is 10.8. The molecule has 2 aliphatic heterocycles. The Balaban J connectivity index is 1.50. The zero-order chi connectivity index (χ0) is 19.3. The van der Waals surface area contributed by atoms with Gasteiger partial charge in [0.2, 0.25) is 0 Å². The number of imidazole rings is 1. The second kappa shape index (κ2) is 6.56. The van der Waals surface area contributed by atoms with Gasteiger partial charge in [0.25, 0.3) is 10.0 Å². The van der Waals surface area contributed by atoms with Crippen LogP contribution in [0.1, 0.15) is 31.2 Å². The smallest absolute Gasteiger partial charge is 0.262 e. The van der Waals surface area contributed by atoms with Gasteiger partial charge >= 0.3 is 0 Å². The summed E-state index contributed by atoms with van der Waals surface area (Å²) in [6.07, 6.45) is 5.02. The Morgan fingerprint density at radius 2 is 1.81 bits per heavy atom. The highest BCUT2D eigenvalue weighted by Crippen LogP contribution is 2.36. The van der Waals surface area contributed by atoms with Gasteiger partial charge in [0.05, 0.1) is 0 Å². The molecule has 2 aromatic rings. The van der Waals surface area contributed by atoms with E-state index in [0.717, 1.165) is 30.3 Å². The summed E-state index contributed by atoms with van der Waals surface area (Å²) in [6, 6.07) is 0. The van der Waals surface area contributed by atoms with Crippen LogP contribution < -0.4 is 4.90 Å². The summed E-state index contributed by atoms with van der Waals surface area (Å²) < 4.78 is 29.6. The lowest BCUT2D eigenvalue weighted by atomic mass is 10.0. The molecule has 27 heavy (non-hydrogen) atoms. The van der Waals surface area contributed by atoms with Crippen LogP contribution in [0.2, 0.25) is 0 Å². The molecule has 0 spiro atoms. The predicted molar refractivity (Wildman–Crippen MR) is 102 cm³/mol. The maximum absolute atomic E-state index is 13.1. The van der Waals surface area contributed by atoms with E-state index in [4.69, 9.17) is 0 Å². The predicted octanol–water partition coefficient (Wildman–Crippen LogP) is 1.40. The van der Waals surface area contributed by atoms with E-state index in [-0.39, 0.29) is 10.9 Å². The molecule has 0 bridgehead atoms. The van der Waals surface area contributed by atoms with Crippen molar-refractivity contribution in [3.05, 3.63) is 30.1 Å². The molecule has 0 aliphatic carbocycles. The molecule has 4 rings (SSSR count). The number of anilines is 1. The van der Waals surface area contributed by atoms with Crippen molar-refractivity contribution in [2.45, 2.75) is 31.7 Å². The van der Waals surface area contributed by atoms with Crippen LogP contribution in [0.15, 0.2) is 23.7 Å². The van der Waals surface area contributed by atoms with Crippen LogP contribution in [-0.2, 0) is 17.1 Å². The zero-order valence-electron chi connectivity index (χ0n) is 16.2. The lowest BCUT2D eigenvalue weighted by Gasteiger charge is -2.22. The van der Waals surface area contributed by atoms with Crippen molar-refractivity contribution in [1.82, 2.24) is 23.8 Å². The van der Waals surface area contributed by atoms with Crippen LogP contribution in [0, 0.1) is 18.8 Å². The van der Waals surface area contributed by atoms with Gasteiger partial charge in [0, 0.05) is 57.1 Å². The van der Waals surface area contributed by atoms with E-state index >= 15 is 0 Å². The van der Waals surface area contributed by atoms with Crippen LogP contribution in [0.25, 0.3) is 0 Å². The van der Waals surface area contributed by atoms with Gasteiger partial charge in [-0.1, -0.05) is 13.8 Å². The number of fused-ring (bicyclic) bond motifs is 1. The van der Waals surface area contributed by atoms with Gasteiger partial charge in [-0.25, -0.2) is 23.4 Å². The molecule has 2 unspecified atom stereocenters. The SMILES string of the molecule is Cc1cncnc1N1CC2CN(S(=O)(=O)c3cn(C)c(C(C)C)n3)CC2C1. The first kappa shape index (κ1) is 18.4. The quantitative estimate of drug-likeness (QED) is 0.785. The van der Waals surface area contributed by atoms with Crippen molar-refractivity contribution in [2.75, 3.05) is 31.1 Å². The molecule has 0 amide bonds. The maximum atomic E-state index is 13.1. The molecule has 0 saturated carbocycles. The average molecular weight is 391 g/mol. The van der Waals surface area contributed by atoms with Crippen LogP contribution in [0.5, 0.6) is 0 Å². The van der Waals surface area contributed by atoms with Gasteiger partial charge in [-0.2, -0.15) is 4.31 Å². The van der Waals surface area contributed by atoms with Crippen molar-refractivity contribution < 1.29 is 8.42 Å². The Morgan fingerprint density at radius 3 is 2.37 bits per heavy atom. The second-order valence-electron chi connectivity index (χ2n) is 7.98. The van der Waals surface area contributed by atoms with E-state index in [0.29, 0.717) is 24.9 Å². The summed E-state index contributed by atoms with van der Waals surface area (Å²) in [5, 5.41) is 0.164. The van der Waals surface area contributed by atoms with Crippen molar-refractivity contribution in [1.29, 1.82) is 0 Å². The summed E-state index contributed by atoms with van der Waals surface area (Å²) in [7, 11) is -1.70. The van der Waals surface area contributed by atoms with Gasteiger partial charge < -0.3 is 9.47 Å². The molecular formula is C18H26N6O2S. The molecule has 146 valence electrons. The fourth-order valence-electron chi connectivity index (χ4n) is 4.29. The largest absolute Gasteiger partial charge is 0.356 e. The molecule has 9 heteroatoms. The molecule has 2 atom stereocenters. The Morgan fingerprint density at radius 1 is 1.15 bits per heavy atom. The van der Waals surface area contributed by atoms with Gasteiger partial charge in [0.15, 0.2) is 5.03 Å². The number of aromatic nitrogens is 4. The first-order chi connectivity index (χ1) is 12.8. The number of sulfonamides is 1. The number of nitrogens with zero attached hydrogens (tertiary/aromatic N) is 6. The lowest BCUT2D eigenvalue weighted by Crippen LogP contribution is -2.34. The molecule has 0 aromatic carbocycles. The van der Waals surface area contributed by atoms with E-state index in [9.17, 15) is 8.42 Å². The minimum atomic E-state index is -3.55. The monoisotopic (exact) mass is 390 g/mol. The van der Waals surface area contributed by atoms with Gasteiger partial charge in [-0.15, -0.1) is 0 Å². The third-order valence-electron chi connectivity index (χ3n) is 5.63. The van der Waals surface area contributed by atoms with Crippen LogP contribution >= 0.6 is 0 Å². The van der Waals surface area contributed by atoms with Crippen LogP contribution in [0.4, 0.5) is 5.82 Å². The van der Waals surface area contributed by atoms with Gasteiger partial charge in [-0.3, -0.25) is 0 Å². The summed E-state index contributed by atoms with van der Waals surface area (Å²) in [4.78, 5) is 15.1. The molecule has 2 fully saturated rings.